The number of aliphatic carboxylic acids is 1. The van der Waals surface area contributed by atoms with Crippen LogP contribution in [-0.4, -0.2) is 37.7 Å². The number of hydrogen-bond acceptors (Lipinski definition) is 5. The van der Waals surface area contributed by atoms with Crippen molar-refractivity contribution in [3.8, 4) is 5.75 Å². The molecule has 0 atom stereocenters. The van der Waals surface area contributed by atoms with Crippen LogP contribution >= 0.6 is 0 Å². The van der Waals surface area contributed by atoms with Crippen molar-refractivity contribution in [1.29, 1.82) is 0 Å². The molecule has 0 aliphatic heterocycles. The third-order valence-electron chi connectivity index (χ3n) is 3.73. The Morgan fingerprint density at radius 3 is 2.15 bits per heavy atom. The van der Waals surface area contributed by atoms with E-state index >= 15 is 0 Å². The average molecular weight is 357 g/mol. The van der Waals surface area contributed by atoms with Gasteiger partial charge in [-0.15, -0.1) is 0 Å². The summed E-state index contributed by atoms with van der Waals surface area (Å²) in [5, 5.41) is 8.50. The molecule has 0 fully saturated rings. The molecule has 6 heteroatoms. The highest BCUT2D eigenvalue weighted by Gasteiger charge is 2.08. The zero-order valence-corrected chi connectivity index (χ0v) is 15.0. The Morgan fingerprint density at radius 1 is 0.962 bits per heavy atom. The summed E-state index contributed by atoms with van der Waals surface area (Å²) in [6.07, 6.45) is 0.180. The molecule has 1 N–H and O–H groups in total. The maximum atomic E-state index is 11.2. The molecular weight excluding hydrogens is 334 g/mol. The molecule has 0 radical (unpaired) electrons. The van der Waals surface area contributed by atoms with E-state index in [1.165, 1.54) is 5.56 Å². The van der Waals surface area contributed by atoms with Crippen molar-refractivity contribution >= 4 is 17.6 Å². The Morgan fingerprint density at radius 2 is 1.58 bits per heavy atom. The number of benzene rings is 2. The first-order chi connectivity index (χ1) is 12.4. The molecule has 0 amide bonds. The van der Waals surface area contributed by atoms with Gasteiger partial charge >= 0.3 is 11.9 Å². The van der Waals surface area contributed by atoms with Crippen LogP contribution in [0, 0.1) is 0 Å². The smallest absolute Gasteiger partial charge is 0.317 e. The second kappa shape index (κ2) is 9.46. The van der Waals surface area contributed by atoms with E-state index in [4.69, 9.17) is 14.6 Å². The van der Waals surface area contributed by atoms with Crippen molar-refractivity contribution in [2.45, 2.75) is 19.4 Å². The van der Waals surface area contributed by atoms with Gasteiger partial charge < -0.3 is 19.5 Å². The van der Waals surface area contributed by atoms with E-state index in [0.29, 0.717) is 6.61 Å². The van der Waals surface area contributed by atoms with Gasteiger partial charge in [-0.1, -0.05) is 24.3 Å². The number of esters is 1. The lowest BCUT2D eigenvalue weighted by atomic mass is 10.1. The number of carboxylic acids is 1. The Kier molecular flexibility index (Phi) is 7.02. The van der Waals surface area contributed by atoms with Crippen molar-refractivity contribution < 1.29 is 24.2 Å². The van der Waals surface area contributed by atoms with Gasteiger partial charge in [0.2, 0.25) is 0 Å². The number of rotatable bonds is 9. The predicted octanol–water partition coefficient (Wildman–Crippen LogP) is 2.89. The molecule has 2 aromatic rings. The van der Waals surface area contributed by atoms with Crippen LogP contribution in [0.1, 0.15) is 17.5 Å². The monoisotopic (exact) mass is 357 g/mol. The van der Waals surface area contributed by atoms with E-state index in [9.17, 15) is 9.59 Å². The number of carboxylic acid groups (broad SMARTS) is 1. The summed E-state index contributed by atoms with van der Waals surface area (Å²) in [6.45, 7) is 0.610. The normalized spacial score (nSPS) is 10.2. The number of carbonyl (C=O) groups excluding carboxylic acids is 1. The predicted molar refractivity (Wildman–Crippen MR) is 98.5 cm³/mol. The first-order valence-corrected chi connectivity index (χ1v) is 8.29. The summed E-state index contributed by atoms with van der Waals surface area (Å²) in [7, 11) is 4.02. The molecule has 0 aliphatic carbocycles. The molecule has 26 heavy (non-hydrogen) atoms. The number of nitrogens with zero attached hydrogens (tertiary/aromatic N) is 1. The first-order valence-electron chi connectivity index (χ1n) is 8.29. The van der Waals surface area contributed by atoms with Crippen LogP contribution in [0.5, 0.6) is 5.75 Å². The van der Waals surface area contributed by atoms with E-state index < -0.39 is 18.4 Å². The van der Waals surface area contributed by atoms with E-state index in [0.717, 1.165) is 23.4 Å². The number of anilines is 1. The van der Waals surface area contributed by atoms with Crippen LogP contribution in [0.3, 0.4) is 0 Å². The maximum absolute atomic E-state index is 11.2. The minimum absolute atomic E-state index is 0.0462. The SMILES string of the molecule is CN(C)c1ccc(CCOc2ccc(COC(=O)CC(=O)O)cc2)cc1. The van der Waals surface area contributed by atoms with Crippen molar-refractivity contribution in [2.75, 3.05) is 25.6 Å². The largest absolute Gasteiger partial charge is 0.493 e. The fraction of sp³-hybridized carbons (Fsp3) is 0.300. The average Bonchev–Trinajstić information content (AvgIpc) is 2.61. The lowest BCUT2D eigenvalue weighted by molar-refractivity contribution is -0.152. The quantitative estimate of drug-likeness (QED) is 0.549. The molecule has 6 nitrogen and oxygen atoms in total. The maximum Gasteiger partial charge on any atom is 0.317 e. The van der Waals surface area contributed by atoms with Crippen LogP contribution in [0.2, 0.25) is 0 Å². The minimum Gasteiger partial charge on any atom is -0.493 e. The summed E-state index contributed by atoms with van der Waals surface area (Å²) in [6, 6.07) is 15.5. The zero-order chi connectivity index (χ0) is 18.9. The van der Waals surface area contributed by atoms with Gasteiger partial charge in [0.25, 0.3) is 0 Å². The van der Waals surface area contributed by atoms with Gasteiger partial charge in [-0.2, -0.15) is 0 Å². The Hall–Kier alpha value is -3.02. The Bertz CT molecular complexity index is 723. The molecule has 0 saturated carbocycles. The van der Waals surface area contributed by atoms with E-state index in [2.05, 4.69) is 29.2 Å². The zero-order valence-electron chi connectivity index (χ0n) is 15.0. The first kappa shape index (κ1) is 19.3. The third kappa shape index (κ3) is 6.47. The third-order valence-corrected chi connectivity index (χ3v) is 3.73. The van der Waals surface area contributed by atoms with Crippen LogP contribution < -0.4 is 9.64 Å². The summed E-state index contributed by atoms with van der Waals surface area (Å²) in [5.41, 5.74) is 3.14. The molecule has 0 aromatic heterocycles. The van der Waals surface area contributed by atoms with Crippen molar-refractivity contribution in [2.24, 2.45) is 0 Å². The van der Waals surface area contributed by atoms with E-state index in [1.807, 2.05) is 14.1 Å². The standard InChI is InChI=1S/C20H23NO5/c1-21(2)17-7-3-15(4-8-17)11-12-25-18-9-5-16(6-10-18)14-26-20(24)13-19(22)23/h3-10H,11-14H2,1-2H3,(H,22,23). The topological polar surface area (TPSA) is 76.1 Å². The molecule has 0 aliphatic rings. The number of hydrogen-bond donors (Lipinski definition) is 1. The van der Waals surface area contributed by atoms with Crippen molar-refractivity contribution in [3.05, 3.63) is 59.7 Å². The molecule has 2 aromatic carbocycles. The molecule has 0 saturated heterocycles. The summed E-state index contributed by atoms with van der Waals surface area (Å²) in [4.78, 5) is 23.6. The summed E-state index contributed by atoms with van der Waals surface area (Å²) < 4.78 is 10.6. The van der Waals surface area contributed by atoms with Gasteiger partial charge in [-0.05, 0) is 35.4 Å². The molecule has 0 bridgehead atoms. The highest BCUT2D eigenvalue weighted by Crippen LogP contribution is 2.15. The minimum atomic E-state index is -1.20. The fourth-order valence-corrected chi connectivity index (χ4v) is 2.27. The molecule has 0 unspecified atom stereocenters. The lowest BCUT2D eigenvalue weighted by Crippen LogP contribution is -2.10. The highest BCUT2D eigenvalue weighted by molar-refractivity contribution is 5.90. The van der Waals surface area contributed by atoms with Crippen LogP contribution in [0.15, 0.2) is 48.5 Å². The Labute approximate surface area is 153 Å². The van der Waals surface area contributed by atoms with Crippen LogP contribution in [0.25, 0.3) is 0 Å². The summed E-state index contributed by atoms with van der Waals surface area (Å²) in [5.74, 6) is -1.22. The number of ether oxygens (including phenoxy) is 2. The summed E-state index contributed by atoms with van der Waals surface area (Å²) >= 11 is 0. The second-order valence-corrected chi connectivity index (χ2v) is 6.03. The van der Waals surface area contributed by atoms with Crippen LogP contribution in [0.4, 0.5) is 5.69 Å². The van der Waals surface area contributed by atoms with Gasteiger partial charge in [0.1, 0.15) is 18.8 Å². The fourth-order valence-electron chi connectivity index (χ4n) is 2.27. The highest BCUT2D eigenvalue weighted by atomic mass is 16.5. The molecule has 0 heterocycles. The van der Waals surface area contributed by atoms with E-state index in [-0.39, 0.29) is 6.61 Å². The second-order valence-electron chi connectivity index (χ2n) is 6.03. The van der Waals surface area contributed by atoms with E-state index in [1.54, 1.807) is 24.3 Å². The van der Waals surface area contributed by atoms with Gasteiger partial charge in [0, 0.05) is 26.2 Å². The van der Waals surface area contributed by atoms with Crippen molar-refractivity contribution in [3.63, 3.8) is 0 Å². The molecule has 138 valence electrons. The van der Waals surface area contributed by atoms with Gasteiger partial charge in [-0.25, -0.2) is 0 Å². The van der Waals surface area contributed by atoms with Crippen LogP contribution in [-0.2, 0) is 27.4 Å². The molecule has 0 spiro atoms. The van der Waals surface area contributed by atoms with Gasteiger partial charge in [0.05, 0.1) is 6.61 Å². The molecule has 2 rings (SSSR count). The Balaban J connectivity index is 1.75. The lowest BCUT2D eigenvalue weighted by Gasteiger charge is -2.13. The van der Waals surface area contributed by atoms with Crippen molar-refractivity contribution in [1.82, 2.24) is 0 Å². The molecular formula is C20H23NO5. The number of carbonyl (C=O) groups is 2. The van der Waals surface area contributed by atoms with Gasteiger partial charge in [0.15, 0.2) is 0 Å². The van der Waals surface area contributed by atoms with Gasteiger partial charge in [-0.3, -0.25) is 9.59 Å².